The number of rotatable bonds is 1. The van der Waals surface area contributed by atoms with E-state index in [0.717, 1.165) is 12.1 Å². The zero-order valence-corrected chi connectivity index (χ0v) is 12.1. The van der Waals surface area contributed by atoms with Crippen LogP contribution < -0.4 is 5.73 Å². The van der Waals surface area contributed by atoms with Crippen LogP contribution in [0.2, 0.25) is 0 Å². The fourth-order valence-corrected chi connectivity index (χ4v) is 3.35. The lowest BCUT2D eigenvalue weighted by Gasteiger charge is -2.13. The van der Waals surface area contributed by atoms with Gasteiger partial charge in [0.1, 0.15) is 0 Å². The topological polar surface area (TPSA) is 26.0 Å². The Hall–Kier alpha value is -2.54. The van der Waals surface area contributed by atoms with Crippen LogP contribution in [0.3, 0.4) is 0 Å². The molecule has 1 heteroatoms. The lowest BCUT2D eigenvalue weighted by atomic mass is 9.92. The van der Waals surface area contributed by atoms with E-state index < -0.39 is 0 Å². The van der Waals surface area contributed by atoms with Gasteiger partial charge in [-0.15, -0.1) is 0 Å². The first kappa shape index (κ1) is 12.2. The molecule has 2 N–H and O–H groups in total. The maximum Gasteiger partial charge on any atom is 0.0349 e. The standard InChI is InChI=1S/C20H17N/c1-13-15(8-5-11-20(13)21)17-9-4-10-18-16-7-3-2-6-14(16)12-19(17)18/h2-11H,12,21H2,1H3. The van der Waals surface area contributed by atoms with Crippen LogP contribution in [0.15, 0.2) is 60.7 Å². The Balaban J connectivity index is 1.97. The van der Waals surface area contributed by atoms with Crippen molar-refractivity contribution in [1.82, 2.24) is 0 Å². The molecular weight excluding hydrogens is 254 g/mol. The summed E-state index contributed by atoms with van der Waals surface area (Å²) in [5.74, 6) is 0. The lowest BCUT2D eigenvalue weighted by Crippen LogP contribution is -1.94. The summed E-state index contributed by atoms with van der Waals surface area (Å²) in [4.78, 5) is 0. The van der Waals surface area contributed by atoms with Gasteiger partial charge < -0.3 is 5.73 Å². The molecule has 0 radical (unpaired) electrons. The second kappa shape index (κ2) is 4.49. The zero-order chi connectivity index (χ0) is 14.4. The van der Waals surface area contributed by atoms with Gasteiger partial charge in [0.05, 0.1) is 0 Å². The van der Waals surface area contributed by atoms with Crippen LogP contribution in [0.5, 0.6) is 0 Å². The minimum Gasteiger partial charge on any atom is -0.398 e. The Labute approximate surface area is 125 Å². The Morgan fingerprint density at radius 2 is 1.33 bits per heavy atom. The molecular formula is C20H17N. The number of nitrogens with two attached hydrogens (primary N) is 1. The third kappa shape index (κ3) is 1.78. The van der Waals surface area contributed by atoms with Crippen molar-refractivity contribution in [1.29, 1.82) is 0 Å². The molecule has 0 atom stereocenters. The van der Waals surface area contributed by atoms with Crippen LogP contribution >= 0.6 is 0 Å². The first-order chi connectivity index (χ1) is 10.3. The maximum atomic E-state index is 6.09. The second-order valence-corrected chi connectivity index (χ2v) is 5.69. The van der Waals surface area contributed by atoms with Crippen molar-refractivity contribution < 1.29 is 0 Å². The molecule has 0 bridgehead atoms. The molecule has 0 heterocycles. The maximum absolute atomic E-state index is 6.09. The molecule has 0 saturated heterocycles. The Morgan fingerprint density at radius 3 is 2.19 bits per heavy atom. The molecule has 0 saturated carbocycles. The van der Waals surface area contributed by atoms with Crippen LogP contribution in [0.25, 0.3) is 22.3 Å². The molecule has 0 aromatic heterocycles. The molecule has 0 spiro atoms. The highest BCUT2D eigenvalue weighted by Gasteiger charge is 2.21. The predicted octanol–water partition coefficient (Wildman–Crippen LogP) is 4.82. The van der Waals surface area contributed by atoms with Gasteiger partial charge in [-0.3, -0.25) is 0 Å². The average Bonchev–Trinajstić information content (AvgIpc) is 2.89. The smallest absolute Gasteiger partial charge is 0.0349 e. The van der Waals surface area contributed by atoms with Crippen molar-refractivity contribution in [3.8, 4) is 22.3 Å². The SMILES string of the molecule is Cc1c(N)cccc1-c1cccc2c1Cc1ccccc1-2. The van der Waals surface area contributed by atoms with E-state index in [4.69, 9.17) is 5.73 Å². The highest BCUT2D eigenvalue weighted by Crippen LogP contribution is 2.42. The normalized spacial score (nSPS) is 12.0. The molecule has 0 aliphatic heterocycles. The number of hydrogen-bond acceptors (Lipinski definition) is 1. The Bertz CT molecular complexity index is 846. The first-order valence-electron chi connectivity index (χ1n) is 7.31. The van der Waals surface area contributed by atoms with E-state index >= 15 is 0 Å². The van der Waals surface area contributed by atoms with Gasteiger partial charge in [-0.25, -0.2) is 0 Å². The third-order valence-corrected chi connectivity index (χ3v) is 4.52. The summed E-state index contributed by atoms with van der Waals surface area (Å²) < 4.78 is 0. The van der Waals surface area contributed by atoms with E-state index in [1.54, 1.807) is 0 Å². The summed E-state index contributed by atoms with van der Waals surface area (Å²) >= 11 is 0. The summed E-state index contributed by atoms with van der Waals surface area (Å²) in [6.07, 6.45) is 1.01. The van der Waals surface area contributed by atoms with E-state index in [1.165, 1.54) is 38.9 Å². The van der Waals surface area contributed by atoms with Crippen molar-refractivity contribution in [3.05, 3.63) is 77.4 Å². The van der Waals surface area contributed by atoms with Crippen molar-refractivity contribution in [2.75, 3.05) is 5.73 Å². The van der Waals surface area contributed by atoms with E-state index in [1.807, 2.05) is 12.1 Å². The highest BCUT2D eigenvalue weighted by atomic mass is 14.6. The van der Waals surface area contributed by atoms with E-state index in [-0.39, 0.29) is 0 Å². The van der Waals surface area contributed by atoms with Crippen LogP contribution in [0.4, 0.5) is 5.69 Å². The molecule has 1 nitrogen and oxygen atoms in total. The van der Waals surface area contributed by atoms with E-state index in [9.17, 15) is 0 Å². The summed E-state index contributed by atoms with van der Waals surface area (Å²) in [6.45, 7) is 2.10. The van der Waals surface area contributed by atoms with Gasteiger partial charge in [0.15, 0.2) is 0 Å². The number of benzene rings is 3. The molecule has 3 aromatic carbocycles. The summed E-state index contributed by atoms with van der Waals surface area (Å²) in [7, 11) is 0. The molecule has 1 aliphatic carbocycles. The summed E-state index contributed by atoms with van der Waals surface area (Å²) in [5, 5.41) is 0. The number of hydrogen-bond donors (Lipinski definition) is 1. The van der Waals surface area contributed by atoms with Gasteiger partial charge in [0, 0.05) is 5.69 Å². The Morgan fingerprint density at radius 1 is 0.714 bits per heavy atom. The van der Waals surface area contributed by atoms with E-state index in [2.05, 4.69) is 55.5 Å². The minimum atomic E-state index is 0.862. The van der Waals surface area contributed by atoms with Crippen LogP contribution in [0, 0.1) is 6.92 Å². The van der Waals surface area contributed by atoms with Crippen molar-refractivity contribution >= 4 is 5.69 Å². The number of anilines is 1. The third-order valence-electron chi connectivity index (χ3n) is 4.52. The molecule has 0 amide bonds. The molecule has 1 aliphatic rings. The van der Waals surface area contributed by atoms with Crippen molar-refractivity contribution in [3.63, 3.8) is 0 Å². The molecule has 102 valence electrons. The van der Waals surface area contributed by atoms with Crippen LogP contribution in [0.1, 0.15) is 16.7 Å². The summed E-state index contributed by atoms with van der Waals surface area (Å²) in [6, 6.07) is 21.5. The van der Waals surface area contributed by atoms with Gasteiger partial charge in [-0.05, 0) is 58.4 Å². The quantitative estimate of drug-likeness (QED) is 0.494. The zero-order valence-electron chi connectivity index (χ0n) is 12.1. The largest absolute Gasteiger partial charge is 0.398 e. The van der Waals surface area contributed by atoms with Crippen molar-refractivity contribution in [2.45, 2.75) is 13.3 Å². The van der Waals surface area contributed by atoms with Gasteiger partial charge in [0.2, 0.25) is 0 Å². The summed E-state index contributed by atoms with van der Waals surface area (Å²) in [5.41, 5.74) is 16.3. The van der Waals surface area contributed by atoms with E-state index in [0.29, 0.717) is 0 Å². The molecule has 4 rings (SSSR count). The lowest BCUT2D eigenvalue weighted by molar-refractivity contribution is 1.26. The van der Waals surface area contributed by atoms with Crippen LogP contribution in [-0.4, -0.2) is 0 Å². The average molecular weight is 271 g/mol. The monoisotopic (exact) mass is 271 g/mol. The fourth-order valence-electron chi connectivity index (χ4n) is 3.35. The molecule has 21 heavy (non-hydrogen) atoms. The Kier molecular flexibility index (Phi) is 2.61. The fraction of sp³-hybridized carbons (Fsp3) is 0.100. The van der Waals surface area contributed by atoms with Gasteiger partial charge in [0.25, 0.3) is 0 Å². The minimum absolute atomic E-state index is 0.862. The first-order valence-corrected chi connectivity index (χ1v) is 7.31. The predicted molar refractivity (Wildman–Crippen MR) is 89.3 cm³/mol. The molecule has 3 aromatic rings. The number of fused-ring (bicyclic) bond motifs is 3. The molecule has 0 unspecified atom stereocenters. The van der Waals surface area contributed by atoms with Gasteiger partial charge in [-0.2, -0.15) is 0 Å². The van der Waals surface area contributed by atoms with Crippen LogP contribution in [-0.2, 0) is 6.42 Å². The van der Waals surface area contributed by atoms with Gasteiger partial charge in [-0.1, -0.05) is 54.6 Å². The highest BCUT2D eigenvalue weighted by molar-refractivity contribution is 5.86. The number of nitrogen functional groups attached to an aromatic ring is 1. The van der Waals surface area contributed by atoms with Gasteiger partial charge >= 0.3 is 0 Å². The van der Waals surface area contributed by atoms with Crippen molar-refractivity contribution in [2.24, 2.45) is 0 Å². The molecule has 0 fully saturated rings. The second-order valence-electron chi connectivity index (χ2n) is 5.69.